The molecule has 2 saturated heterocycles. The van der Waals surface area contributed by atoms with Crippen LogP contribution in [0.3, 0.4) is 0 Å². The number of hydrogen-bond donors (Lipinski definition) is 1. The van der Waals surface area contributed by atoms with E-state index in [1.807, 2.05) is 4.90 Å². The lowest BCUT2D eigenvalue weighted by Crippen LogP contribution is -2.53. The maximum atomic E-state index is 13.2. The first-order valence-corrected chi connectivity index (χ1v) is 12.9. The molecule has 31 heavy (non-hydrogen) atoms. The molecule has 0 aromatic rings. The zero-order valence-electron chi connectivity index (χ0n) is 19.8. The second kappa shape index (κ2) is 8.33. The number of fused-ring (bicyclic) bond motifs is 1. The van der Waals surface area contributed by atoms with Crippen molar-refractivity contribution in [1.29, 1.82) is 0 Å². The van der Waals surface area contributed by atoms with Crippen LogP contribution in [0.1, 0.15) is 71.6 Å². The van der Waals surface area contributed by atoms with Crippen LogP contribution in [0.25, 0.3) is 0 Å². The molecule has 0 radical (unpaired) electrons. The maximum Gasteiger partial charge on any atom is 0.228 e. The molecule has 0 spiro atoms. The average molecular weight is 431 g/mol. The topological polar surface area (TPSA) is 55.9 Å². The van der Waals surface area contributed by atoms with Gasteiger partial charge in [-0.3, -0.25) is 15.0 Å². The van der Waals surface area contributed by atoms with E-state index in [1.165, 1.54) is 32.1 Å². The quantitative estimate of drug-likeness (QED) is 0.748. The highest BCUT2D eigenvalue weighted by molar-refractivity contribution is 5.85. The summed E-state index contributed by atoms with van der Waals surface area (Å²) in [5, 5.41) is 2.36. The number of rotatable bonds is 3. The van der Waals surface area contributed by atoms with Crippen LogP contribution in [0, 0.1) is 29.1 Å². The molecule has 3 aliphatic carbocycles. The molecule has 4 atom stereocenters. The Labute approximate surface area is 188 Å². The summed E-state index contributed by atoms with van der Waals surface area (Å²) in [6.45, 7) is 7.33. The monoisotopic (exact) mass is 430 g/mol. The third-order valence-electron chi connectivity index (χ3n) is 9.63. The second-order valence-corrected chi connectivity index (χ2v) is 11.6. The van der Waals surface area contributed by atoms with Gasteiger partial charge >= 0.3 is 0 Å². The van der Waals surface area contributed by atoms with Crippen molar-refractivity contribution in [2.45, 2.75) is 83.7 Å². The first kappa shape index (κ1) is 21.7. The van der Waals surface area contributed by atoms with E-state index in [-0.39, 0.29) is 11.3 Å². The number of amides is 2. The summed E-state index contributed by atoms with van der Waals surface area (Å²) in [6.07, 6.45) is 10.7. The third kappa shape index (κ3) is 4.15. The normalized spacial score (nSPS) is 40.5. The number of carbonyl (C=O) groups is 2. The van der Waals surface area contributed by atoms with Crippen LogP contribution in [-0.4, -0.2) is 71.9 Å². The van der Waals surface area contributed by atoms with Crippen LogP contribution in [0.15, 0.2) is 0 Å². The number of carbonyl (C=O) groups excluding carboxylic acids is 2. The van der Waals surface area contributed by atoms with Gasteiger partial charge in [0.05, 0.1) is 0 Å². The van der Waals surface area contributed by atoms with Crippen LogP contribution in [0.5, 0.6) is 0 Å². The Bertz CT molecular complexity index is 692. The molecule has 5 fully saturated rings. The number of nitrogens with one attached hydrogen (secondary N) is 1. The van der Waals surface area contributed by atoms with Crippen molar-refractivity contribution in [2.24, 2.45) is 29.1 Å². The Morgan fingerprint density at radius 2 is 1.48 bits per heavy atom. The molecule has 1 N–H and O–H groups in total. The van der Waals surface area contributed by atoms with Gasteiger partial charge < -0.3 is 9.80 Å². The van der Waals surface area contributed by atoms with Gasteiger partial charge in [0.15, 0.2) is 0 Å². The fourth-order valence-electron chi connectivity index (χ4n) is 7.19. The molecule has 5 aliphatic rings. The summed E-state index contributed by atoms with van der Waals surface area (Å²) < 4.78 is 0. The van der Waals surface area contributed by atoms with Crippen molar-refractivity contribution in [3.8, 4) is 0 Å². The van der Waals surface area contributed by atoms with E-state index in [4.69, 9.17) is 0 Å². The summed E-state index contributed by atoms with van der Waals surface area (Å²) in [5.41, 5.74) is 3.53. The lowest BCUT2D eigenvalue weighted by molar-refractivity contribution is -0.145. The van der Waals surface area contributed by atoms with E-state index >= 15 is 0 Å². The molecule has 6 nitrogen and oxygen atoms in total. The molecule has 6 heteroatoms. The van der Waals surface area contributed by atoms with E-state index in [0.29, 0.717) is 17.9 Å². The second-order valence-electron chi connectivity index (χ2n) is 11.6. The lowest BCUT2D eigenvalue weighted by Gasteiger charge is -2.42. The zero-order valence-corrected chi connectivity index (χ0v) is 19.8. The minimum atomic E-state index is -0.0918. The largest absolute Gasteiger partial charge is 0.339 e. The van der Waals surface area contributed by atoms with E-state index in [0.717, 1.165) is 75.7 Å². The Balaban J connectivity index is 1.08. The lowest BCUT2D eigenvalue weighted by atomic mass is 9.66. The maximum absolute atomic E-state index is 13.2. The highest BCUT2D eigenvalue weighted by Gasteiger charge is 2.48. The van der Waals surface area contributed by atoms with Crippen molar-refractivity contribution in [1.82, 2.24) is 20.2 Å². The molecular formula is C25H42N4O2. The van der Waals surface area contributed by atoms with Crippen LogP contribution >= 0.6 is 0 Å². The molecule has 2 heterocycles. The Morgan fingerprint density at radius 1 is 0.871 bits per heavy atom. The highest BCUT2D eigenvalue weighted by atomic mass is 16.2. The number of hydrogen-bond acceptors (Lipinski definition) is 4. The van der Waals surface area contributed by atoms with Crippen LogP contribution < -0.4 is 5.43 Å². The predicted molar refractivity (Wildman–Crippen MR) is 121 cm³/mol. The van der Waals surface area contributed by atoms with Crippen molar-refractivity contribution >= 4 is 11.8 Å². The zero-order chi connectivity index (χ0) is 21.8. The van der Waals surface area contributed by atoms with E-state index in [2.05, 4.69) is 36.2 Å². The fourth-order valence-corrected chi connectivity index (χ4v) is 7.19. The van der Waals surface area contributed by atoms with Gasteiger partial charge in [-0.1, -0.05) is 6.92 Å². The first-order chi connectivity index (χ1) is 14.9. The summed E-state index contributed by atoms with van der Waals surface area (Å²) >= 11 is 0. The van der Waals surface area contributed by atoms with Gasteiger partial charge in [0.25, 0.3) is 0 Å². The summed E-state index contributed by atoms with van der Waals surface area (Å²) in [4.78, 5) is 29.8. The molecule has 0 aromatic carbocycles. The fraction of sp³-hybridized carbons (Fsp3) is 0.920. The molecule has 2 aliphatic heterocycles. The van der Waals surface area contributed by atoms with Crippen LogP contribution in [0.2, 0.25) is 0 Å². The number of hydrazine groups is 1. The molecule has 3 saturated carbocycles. The Kier molecular flexibility index (Phi) is 5.83. The number of piperazine rings is 1. The van der Waals surface area contributed by atoms with Crippen molar-refractivity contribution in [2.75, 3.05) is 33.2 Å². The van der Waals surface area contributed by atoms with Crippen LogP contribution in [0.4, 0.5) is 0 Å². The van der Waals surface area contributed by atoms with Gasteiger partial charge in [-0.05, 0) is 82.5 Å². The number of nitrogens with zero attached hydrogens (tertiary/aromatic N) is 3. The average Bonchev–Trinajstić information content (AvgIpc) is 3.49. The molecule has 2 amide bonds. The highest BCUT2D eigenvalue weighted by Crippen LogP contribution is 2.47. The van der Waals surface area contributed by atoms with Gasteiger partial charge in [0.1, 0.15) is 0 Å². The SMILES string of the molecule is CC1NN(C)C2CCC(C3CCC(C(=O)N4CCN(C(=O)C5(C)CC5)CC4)CC3)CC12. The minimum absolute atomic E-state index is 0.0918. The Hall–Kier alpha value is -1.14. The van der Waals surface area contributed by atoms with Crippen molar-refractivity contribution < 1.29 is 9.59 Å². The van der Waals surface area contributed by atoms with Crippen molar-refractivity contribution in [3.05, 3.63) is 0 Å². The summed E-state index contributed by atoms with van der Waals surface area (Å²) in [7, 11) is 2.21. The van der Waals surface area contributed by atoms with E-state index in [9.17, 15) is 9.59 Å². The van der Waals surface area contributed by atoms with E-state index < -0.39 is 0 Å². The molecule has 4 unspecified atom stereocenters. The summed E-state index contributed by atoms with van der Waals surface area (Å²) in [5.74, 6) is 3.35. The first-order valence-electron chi connectivity index (χ1n) is 12.9. The van der Waals surface area contributed by atoms with Gasteiger partial charge in [-0.2, -0.15) is 0 Å². The van der Waals surface area contributed by atoms with Crippen LogP contribution in [-0.2, 0) is 9.59 Å². The molecule has 0 aromatic heterocycles. The van der Waals surface area contributed by atoms with Gasteiger partial charge in [0.2, 0.25) is 11.8 Å². The molecule has 0 bridgehead atoms. The predicted octanol–water partition coefficient (Wildman–Crippen LogP) is 2.89. The smallest absolute Gasteiger partial charge is 0.228 e. The standard InChI is InChI=1S/C25H42N4O2/c1-17-21-16-20(8-9-22(21)27(3)26-17)18-4-6-19(7-5-18)23(30)28-12-14-29(15-13-28)24(31)25(2)10-11-25/h17-22,26H,4-16H2,1-3H3. The third-order valence-corrected chi connectivity index (χ3v) is 9.63. The Morgan fingerprint density at radius 3 is 2.13 bits per heavy atom. The molecule has 5 rings (SSSR count). The summed E-state index contributed by atoms with van der Waals surface area (Å²) in [6, 6.07) is 1.32. The molecule has 174 valence electrons. The van der Waals surface area contributed by atoms with E-state index in [1.54, 1.807) is 0 Å². The van der Waals surface area contributed by atoms with Crippen molar-refractivity contribution in [3.63, 3.8) is 0 Å². The van der Waals surface area contributed by atoms with Gasteiger partial charge in [-0.15, -0.1) is 0 Å². The van der Waals surface area contributed by atoms with Gasteiger partial charge in [-0.25, -0.2) is 5.01 Å². The minimum Gasteiger partial charge on any atom is -0.339 e. The molecular weight excluding hydrogens is 388 g/mol. The van der Waals surface area contributed by atoms with Gasteiger partial charge in [0, 0.05) is 56.6 Å².